The monoisotopic (exact) mass is 261 g/mol. The van der Waals surface area contributed by atoms with Gasteiger partial charge in [-0.2, -0.15) is 0 Å². The zero-order valence-corrected chi connectivity index (χ0v) is 11.0. The third kappa shape index (κ3) is 2.66. The summed E-state index contributed by atoms with van der Waals surface area (Å²) in [6.45, 7) is 3.86. The van der Waals surface area contributed by atoms with Crippen LogP contribution in [0.25, 0.3) is 0 Å². The molecule has 0 radical (unpaired) electrons. The predicted octanol–water partition coefficient (Wildman–Crippen LogP) is 3.94. The maximum absolute atomic E-state index is 13.8. The van der Waals surface area contributed by atoms with Gasteiger partial charge in [-0.25, -0.2) is 8.78 Å². The fourth-order valence-electron chi connectivity index (χ4n) is 2.18. The van der Waals surface area contributed by atoms with E-state index in [4.69, 9.17) is 5.73 Å². The lowest BCUT2D eigenvalue weighted by molar-refractivity contribution is 0.406. The Balaban J connectivity index is 2.39. The molecule has 3 heteroatoms. The maximum atomic E-state index is 13.8. The SMILES string of the molecule is CC(C)(c1ccc(F)cc1)C(N)c1ccccc1F. The van der Waals surface area contributed by atoms with Crippen LogP contribution < -0.4 is 5.73 Å². The van der Waals surface area contributed by atoms with E-state index in [1.165, 1.54) is 18.2 Å². The molecule has 0 heterocycles. The van der Waals surface area contributed by atoms with Gasteiger partial charge in [0.05, 0.1) is 0 Å². The number of halogens is 2. The molecule has 0 aromatic heterocycles. The van der Waals surface area contributed by atoms with Gasteiger partial charge < -0.3 is 5.73 Å². The van der Waals surface area contributed by atoms with Gasteiger partial charge in [-0.05, 0) is 23.8 Å². The number of rotatable bonds is 3. The molecular weight excluding hydrogens is 244 g/mol. The van der Waals surface area contributed by atoms with Crippen LogP contribution in [-0.2, 0) is 5.41 Å². The Hall–Kier alpha value is -1.74. The van der Waals surface area contributed by atoms with E-state index in [1.807, 2.05) is 13.8 Å². The number of hydrogen-bond donors (Lipinski definition) is 1. The molecule has 0 spiro atoms. The summed E-state index contributed by atoms with van der Waals surface area (Å²) in [5.41, 5.74) is 7.07. The van der Waals surface area contributed by atoms with E-state index in [-0.39, 0.29) is 11.6 Å². The van der Waals surface area contributed by atoms with Crippen molar-refractivity contribution in [3.05, 3.63) is 71.3 Å². The summed E-state index contributed by atoms with van der Waals surface area (Å²) >= 11 is 0. The molecule has 0 aliphatic carbocycles. The average Bonchev–Trinajstić information content (AvgIpc) is 2.39. The van der Waals surface area contributed by atoms with Crippen molar-refractivity contribution in [2.45, 2.75) is 25.3 Å². The molecule has 1 unspecified atom stereocenters. The molecule has 2 N–H and O–H groups in total. The van der Waals surface area contributed by atoms with Gasteiger partial charge in [-0.1, -0.05) is 44.2 Å². The highest BCUT2D eigenvalue weighted by molar-refractivity contribution is 5.32. The first-order chi connectivity index (χ1) is 8.93. The third-order valence-corrected chi connectivity index (χ3v) is 3.61. The van der Waals surface area contributed by atoms with Gasteiger partial charge in [0.25, 0.3) is 0 Å². The minimum Gasteiger partial charge on any atom is -0.323 e. The largest absolute Gasteiger partial charge is 0.323 e. The quantitative estimate of drug-likeness (QED) is 0.889. The molecule has 0 aliphatic rings. The molecule has 19 heavy (non-hydrogen) atoms. The summed E-state index contributed by atoms with van der Waals surface area (Å²) in [5.74, 6) is -0.607. The van der Waals surface area contributed by atoms with Crippen LogP contribution in [0.1, 0.15) is 31.0 Å². The Labute approximate surface area is 112 Å². The normalized spacial score (nSPS) is 13.3. The summed E-state index contributed by atoms with van der Waals surface area (Å²) in [4.78, 5) is 0. The van der Waals surface area contributed by atoms with Crippen molar-refractivity contribution in [2.75, 3.05) is 0 Å². The Morgan fingerprint density at radius 1 is 0.947 bits per heavy atom. The van der Waals surface area contributed by atoms with Crippen molar-refractivity contribution in [3.63, 3.8) is 0 Å². The maximum Gasteiger partial charge on any atom is 0.128 e. The molecule has 0 bridgehead atoms. The first-order valence-corrected chi connectivity index (χ1v) is 6.19. The molecule has 0 fully saturated rings. The van der Waals surface area contributed by atoms with Crippen molar-refractivity contribution in [2.24, 2.45) is 5.73 Å². The predicted molar refractivity (Wildman–Crippen MR) is 72.8 cm³/mol. The lowest BCUT2D eigenvalue weighted by Gasteiger charge is -2.32. The second-order valence-electron chi connectivity index (χ2n) is 5.23. The Bertz CT molecular complexity index is 561. The number of benzene rings is 2. The molecule has 0 saturated heterocycles. The van der Waals surface area contributed by atoms with Crippen molar-refractivity contribution in [1.82, 2.24) is 0 Å². The van der Waals surface area contributed by atoms with Crippen LogP contribution in [0.3, 0.4) is 0 Å². The molecule has 2 aromatic carbocycles. The molecular formula is C16H17F2N. The highest BCUT2D eigenvalue weighted by Gasteiger charge is 2.31. The van der Waals surface area contributed by atoms with Crippen LogP contribution in [0.5, 0.6) is 0 Å². The summed E-state index contributed by atoms with van der Waals surface area (Å²) in [7, 11) is 0. The van der Waals surface area contributed by atoms with Crippen LogP contribution in [0, 0.1) is 11.6 Å². The second-order valence-corrected chi connectivity index (χ2v) is 5.23. The molecule has 2 rings (SSSR count). The van der Waals surface area contributed by atoms with Gasteiger partial charge in [0.1, 0.15) is 11.6 Å². The van der Waals surface area contributed by atoms with E-state index in [1.54, 1.807) is 30.3 Å². The topological polar surface area (TPSA) is 26.0 Å². The fourth-order valence-corrected chi connectivity index (χ4v) is 2.18. The highest BCUT2D eigenvalue weighted by Crippen LogP contribution is 2.36. The minimum atomic E-state index is -0.501. The Morgan fingerprint density at radius 2 is 1.53 bits per heavy atom. The molecule has 100 valence electrons. The van der Waals surface area contributed by atoms with Crippen molar-refractivity contribution < 1.29 is 8.78 Å². The van der Waals surface area contributed by atoms with E-state index in [0.717, 1.165) is 5.56 Å². The van der Waals surface area contributed by atoms with Gasteiger partial charge in [0, 0.05) is 17.0 Å². The summed E-state index contributed by atoms with van der Waals surface area (Å²) in [6, 6.07) is 12.2. The fraction of sp³-hybridized carbons (Fsp3) is 0.250. The van der Waals surface area contributed by atoms with E-state index in [9.17, 15) is 8.78 Å². The van der Waals surface area contributed by atoms with Gasteiger partial charge in [-0.3, -0.25) is 0 Å². The number of nitrogens with two attached hydrogens (primary N) is 1. The van der Waals surface area contributed by atoms with Crippen molar-refractivity contribution in [1.29, 1.82) is 0 Å². The summed E-state index contributed by atoms with van der Waals surface area (Å²) in [5, 5.41) is 0. The van der Waals surface area contributed by atoms with E-state index >= 15 is 0 Å². The standard InChI is InChI=1S/C16H17F2N/c1-16(2,11-7-9-12(17)10-8-11)15(19)13-5-3-4-6-14(13)18/h3-10,15H,19H2,1-2H3. The highest BCUT2D eigenvalue weighted by atomic mass is 19.1. The molecule has 0 amide bonds. The molecule has 1 nitrogen and oxygen atoms in total. The second kappa shape index (κ2) is 5.10. The molecule has 1 atom stereocenters. The van der Waals surface area contributed by atoms with Gasteiger partial charge in [0.2, 0.25) is 0 Å². The van der Waals surface area contributed by atoms with Crippen LogP contribution in [0.4, 0.5) is 8.78 Å². The van der Waals surface area contributed by atoms with Crippen LogP contribution >= 0.6 is 0 Å². The molecule has 2 aromatic rings. The lowest BCUT2D eigenvalue weighted by atomic mass is 9.75. The van der Waals surface area contributed by atoms with E-state index in [0.29, 0.717) is 5.56 Å². The van der Waals surface area contributed by atoms with Crippen LogP contribution in [0.2, 0.25) is 0 Å². The van der Waals surface area contributed by atoms with Crippen molar-refractivity contribution >= 4 is 0 Å². The minimum absolute atomic E-state index is 0.293. The van der Waals surface area contributed by atoms with Gasteiger partial charge in [0.15, 0.2) is 0 Å². The van der Waals surface area contributed by atoms with Crippen molar-refractivity contribution in [3.8, 4) is 0 Å². The zero-order valence-electron chi connectivity index (χ0n) is 11.0. The van der Waals surface area contributed by atoms with E-state index in [2.05, 4.69) is 0 Å². The third-order valence-electron chi connectivity index (χ3n) is 3.61. The molecule has 0 saturated carbocycles. The molecule has 0 aliphatic heterocycles. The lowest BCUT2D eigenvalue weighted by Crippen LogP contribution is -2.33. The first-order valence-electron chi connectivity index (χ1n) is 6.19. The average molecular weight is 261 g/mol. The number of hydrogen-bond acceptors (Lipinski definition) is 1. The zero-order chi connectivity index (χ0) is 14.0. The Kier molecular flexibility index (Phi) is 3.67. The Morgan fingerprint density at radius 3 is 2.11 bits per heavy atom. The van der Waals surface area contributed by atoms with Gasteiger partial charge in [-0.15, -0.1) is 0 Å². The van der Waals surface area contributed by atoms with Gasteiger partial charge >= 0.3 is 0 Å². The first kappa shape index (κ1) is 13.7. The summed E-state index contributed by atoms with van der Waals surface area (Å²) in [6.07, 6.45) is 0. The smallest absolute Gasteiger partial charge is 0.128 e. The summed E-state index contributed by atoms with van der Waals surface area (Å²) < 4.78 is 26.8. The van der Waals surface area contributed by atoms with Crippen LogP contribution in [-0.4, -0.2) is 0 Å². The van der Waals surface area contributed by atoms with E-state index < -0.39 is 11.5 Å². The van der Waals surface area contributed by atoms with Crippen LogP contribution in [0.15, 0.2) is 48.5 Å².